The van der Waals surface area contributed by atoms with Gasteiger partial charge in [0.25, 0.3) is 0 Å². The lowest BCUT2D eigenvalue weighted by Crippen LogP contribution is -2.48. The third-order valence-corrected chi connectivity index (χ3v) is 4.53. The molecule has 0 amide bonds. The molecule has 0 unspecified atom stereocenters. The predicted octanol–water partition coefficient (Wildman–Crippen LogP) is 2.10. The van der Waals surface area contributed by atoms with E-state index in [4.69, 9.17) is 0 Å². The summed E-state index contributed by atoms with van der Waals surface area (Å²) in [6, 6.07) is 2.02. The van der Waals surface area contributed by atoms with Gasteiger partial charge in [-0.15, -0.1) is 0 Å². The molecule has 21 heavy (non-hydrogen) atoms. The Morgan fingerprint density at radius 1 is 1.14 bits per heavy atom. The predicted molar refractivity (Wildman–Crippen MR) is 86.9 cm³/mol. The maximum Gasteiger partial charge on any atom is 0.178 e. The zero-order valence-electron chi connectivity index (χ0n) is 14.1. The van der Waals surface area contributed by atoms with Crippen LogP contribution >= 0.6 is 0 Å². The summed E-state index contributed by atoms with van der Waals surface area (Å²) in [5.74, 6) is 0.974. The third-order valence-electron chi connectivity index (χ3n) is 4.53. The molecule has 0 atom stereocenters. The molecule has 0 bridgehead atoms. The highest BCUT2D eigenvalue weighted by Gasteiger charge is 2.21. The maximum absolute atomic E-state index is 12.5. The lowest BCUT2D eigenvalue weighted by Gasteiger charge is -2.35. The molecular weight excluding hydrogens is 262 g/mol. The number of hydrogen-bond donors (Lipinski definition) is 0. The van der Waals surface area contributed by atoms with Crippen LogP contribution in [0.5, 0.6) is 0 Å². The minimum absolute atomic E-state index is 0.258. The molecule has 1 saturated heterocycles. The van der Waals surface area contributed by atoms with E-state index in [2.05, 4.69) is 35.1 Å². The molecule has 2 rings (SSSR count). The number of Topliss-reactive ketones (excluding diaryl/α,β-unsaturated/α-hetero) is 1. The molecule has 0 saturated carbocycles. The number of ketones is 1. The Balaban J connectivity index is 1.88. The van der Waals surface area contributed by atoms with Crippen LogP contribution in [0.3, 0.4) is 0 Å². The van der Waals surface area contributed by atoms with Gasteiger partial charge in [-0.3, -0.25) is 9.69 Å². The highest BCUT2D eigenvalue weighted by Crippen LogP contribution is 2.15. The fourth-order valence-corrected chi connectivity index (χ4v) is 3.07. The number of aryl methyl sites for hydroxylation is 1. The van der Waals surface area contributed by atoms with Crippen LogP contribution in [0.15, 0.2) is 6.07 Å². The van der Waals surface area contributed by atoms with E-state index >= 15 is 0 Å². The Morgan fingerprint density at radius 2 is 1.71 bits per heavy atom. The van der Waals surface area contributed by atoms with Gasteiger partial charge in [0.15, 0.2) is 5.78 Å². The Morgan fingerprint density at radius 3 is 2.19 bits per heavy atom. The molecule has 1 fully saturated rings. The van der Waals surface area contributed by atoms with E-state index in [0.717, 1.165) is 43.1 Å². The topological polar surface area (TPSA) is 28.5 Å². The van der Waals surface area contributed by atoms with E-state index in [1.54, 1.807) is 0 Å². The van der Waals surface area contributed by atoms with Gasteiger partial charge in [-0.05, 0) is 25.8 Å². The van der Waals surface area contributed by atoms with Crippen LogP contribution in [0.1, 0.15) is 35.6 Å². The van der Waals surface area contributed by atoms with Crippen LogP contribution < -0.4 is 0 Å². The fourth-order valence-electron chi connectivity index (χ4n) is 3.07. The fraction of sp³-hybridized carbons (Fsp3) is 0.706. The third kappa shape index (κ3) is 3.95. The van der Waals surface area contributed by atoms with Crippen molar-refractivity contribution in [3.8, 4) is 0 Å². The zero-order valence-corrected chi connectivity index (χ0v) is 14.1. The second-order valence-corrected chi connectivity index (χ2v) is 6.74. The number of carbonyl (C=O) groups is 1. The molecule has 1 aromatic heterocycles. The van der Waals surface area contributed by atoms with Crippen LogP contribution in [0, 0.1) is 19.8 Å². The smallest absolute Gasteiger partial charge is 0.178 e. The zero-order chi connectivity index (χ0) is 15.6. The number of carbonyl (C=O) groups excluding carboxylic acids is 1. The Kier molecular flexibility index (Phi) is 5.22. The standard InChI is InChI=1S/C17H29N3O/c1-13(2)11-19-6-8-20(9-7-19)12-17(21)16-10-14(3)18(5)15(16)4/h10,13H,6-9,11-12H2,1-5H3. The highest BCUT2D eigenvalue weighted by molar-refractivity contribution is 5.99. The first kappa shape index (κ1) is 16.2. The number of piperazine rings is 1. The first-order valence-electron chi connectivity index (χ1n) is 7.99. The molecule has 1 aromatic rings. The average Bonchev–Trinajstić information content (AvgIpc) is 2.68. The normalized spacial score (nSPS) is 17.6. The van der Waals surface area contributed by atoms with Crippen molar-refractivity contribution in [3.63, 3.8) is 0 Å². The number of hydrogen-bond acceptors (Lipinski definition) is 3. The summed E-state index contributed by atoms with van der Waals surface area (Å²) in [7, 11) is 2.02. The summed E-state index contributed by atoms with van der Waals surface area (Å²) in [5, 5.41) is 0. The first-order chi connectivity index (χ1) is 9.88. The first-order valence-corrected chi connectivity index (χ1v) is 7.99. The molecule has 2 heterocycles. The molecule has 118 valence electrons. The molecule has 1 aliphatic heterocycles. The van der Waals surface area contributed by atoms with Crippen LogP contribution in [0.4, 0.5) is 0 Å². The van der Waals surface area contributed by atoms with Crippen LogP contribution in [0.2, 0.25) is 0 Å². The van der Waals surface area contributed by atoms with Crippen molar-refractivity contribution in [1.82, 2.24) is 14.4 Å². The molecular formula is C17H29N3O. The van der Waals surface area contributed by atoms with E-state index < -0.39 is 0 Å². The lowest BCUT2D eigenvalue weighted by molar-refractivity contribution is 0.0837. The van der Waals surface area contributed by atoms with Crippen LogP contribution in [-0.4, -0.2) is 59.4 Å². The minimum Gasteiger partial charge on any atom is -0.351 e. The minimum atomic E-state index is 0.258. The SMILES string of the molecule is Cc1cc(C(=O)CN2CCN(CC(C)C)CC2)c(C)n1C. The molecule has 0 N–H and O–H groups in total. The summed E-state index contributed by atoms with van der Waals surface area (Å²) < 4.78 is 2.09. The van der Waals surface area contributed by atoms with Crippen molar-refractivity contribution in [2.75, 3.05) is 39.3 Å². The molecule has 4 nitrogen and oxygen atoms in total. The van der Waals surface area contributed by atoms with Gasteiger partial charge in [0.2, 0.25) is 0 Å². The van der Waals surface area contributed by atoms with Crippen LogP contribution in [0.25, 0.3) is 0 Å². The van der Waals surface area contributed by atoms with E-state index in [0.29, 0.717) is 12.5 Å². The molecule has 0 spiro atoms. The van der Waals surface area contributed by atoms with Gasteiger partial charge in [0.05, 0.1) is 6.54 Å². The second kappa shape index (κ2) is 6.75. The molecule has 0 aromatic carbocycles. The monoisotopic (exact) mass is 291 g/mol. The van der Waals surface area contributed by atoms with Crippen molar-refractivity contribution in [2.45, 2.75) is 27.7 Å². The van der Waals surface area contributed by atoms with Crippen molar-refractivity contribution >= 4 is 5.78 Å². The molecule has 0 aliphatic carbocycles. The molecule has 0 radical (unpaired) electrons. The molecule has 1 aliphatic rings. The van der Waals surface area contributed by atoms with Crippen LogP contribution in [-0.2, 0) is 7.05 Å². The Hall–Kier alpha value is -1.13. The number of nitrogens with zero attached hydrogens (tertiary/aromatic N) is 3. The van der Waals surface area contributed by atoms with E-state index in [-0.39, 0.29) is 5.78 Å². The van der Waals surface area contributed by atoms with Gasteiger partial charge in [0.1, 0.15) is 0 Å². The van der Waals surface area contributed by atoms with Crippen molar-refractivity contribution in [1.29, 1.82) is 0 Å². The quantitative estimate of drug-likeness (QED) is 0.778. The lowest BCUT2D eigenvalue weighted by atomic mass is 10.1. The summed E-state index contributed by atoms with van der Waals surface area (Å²) in [5.41, 5.74) is 3.12. The summed E-state index contributed by atoms with van der Waals surface area (Å²) in [6.07, 6.45) is 0. The second-order valence-electron chi connectivity index (χ2n) is 6.74. The Labute approximate surface area is 128 Å². The van der Waals surface area contributed by atoms with Gasteiger partial charge in [-0.1, -0.05) is 13.8 Å². The highest BCUT2D eigenvalue weighted by atomic mass is 16.1. The maximum atomic E-state index is 12.5. The van der Waals surface area contributed by atoms with Crippen molar-refractivity contribution < 1.29 is 4.79 Å². The number of rotatable bonds is 5. The van der Waals surface area contributed by atoms with Crippen molar-refractivity contribution in [2.24, 2.45) is 13.0 Å². The average molecular weight is 291 g/mol. The van der Waals surface area contributed by atoms with Gasteiger partial charge >= 0.3 is 0 Å². The van der Waals surface area contributed by atoms with Gasteiger partial charge in [-0.2, -0.15) is 0 Å². The number of aromatic nitrogens is 1. The summed E-state index contributed by atoms with van der Waals surface area (Å²) in [4.78, 5) is 17.3. The Bertz CT molecular complexity index is 496. The van der Waals surface area contributed by atoms with Gasteiger partial charge in [0, 0.05) is 56.7 Å². The summed E-state index contributed by atoms with van der Waals surface area (Å²) >= 11 is 0. The van der Waals surface area contributed by atoms with E-state index in [1.165, 1.54) is 6.54 Å². The van der Waals surface area contributed by atoms with E-state index in [9.17, 15) is 4.79 Å². The van der Waals surface area contributed by atoms with Crippen molar-refractivity contribution in [3.05, 3.63) is 23.0 Å². The van der Waals surface area contributed by atoms with E-state index in [1.807, 2.05) is 20.0 Å². The molecule has 4 heteroatoms. The largest absolute Gasteiger partial charge is 0.351 e. The summed E-state index contributed by atoms with van der Waals surface area (Å²) in [6.45, 7) is 14.5. The van der Waals surface area contributed by atoms with Gasteiger partial charge < -0.3 is 9.47 Å². The van der Waals surface area contributed by atoms with Gasteiger partial charge in [-0.25, -0.2) is 0 Å².